The number of carbonyl (C=O) groups excluding carboxylic acids is 1. The lowest BCUT2D eigenvalue weighted by Crippen LogP contribution is -2.48. The van der Waals surface area contributed by atoms with E-state index in [0.29, 0.717) is 39.3 Å². The van der Waals surface area contributed by atoms with Crippen LogP contribution in [-0.4, -0.2) is 56.6 Å². The van der Waals surface area contributed by atoms with E-state index in [9.17, 15) is 19.3 Å². The van der Waals surface area contributed by atoms with Crippen LogP contribution in [0.2, 0.25) is 0 Å². The highest BCUT2D eigenvalue weighted by molar-refractivity contribution is 5.96. The molecule has 0 unspecified atom stereocenters. The molecule has 138 valence electrons. The molecule has 0 spiro atoms. The van der Waals surface area contributed by atoms with Gasteiger partial charge in [0.25, 0.3) is 5.91 Å². The molecule has 1 aliphatic heterocycles. The average molecular weight is 361 g/mol. The standard InChI is InChI=1S/C17H20FN5O3/c1-2-22-16(15(11-19-22)23(25)26)17(24)21-8-6-20(7-9-21)12-13-4-3-5-14(18)10-13/h3-5,10-11H,2,6-9,12H2,1H3. The number of aromatic nitrogens is 2. The maximum atomic E-state index is 13.3. The zero-order chi connectivity index (χ0) is 18.7. The summed E-state index contributed by atoms with van der Waals surface area (Å²) >= 11 is 0. The highest BCUT2D eigenvalue weighted by Crippen LogP contribution is 2.21. The summed E-state index contributed by atoms with van der Waals surface area (Å²) in [5.41, 5.74) is 0.639. The van der Waals surface area contributed by atoms with Gasteiger partial charge in [-0.1, -0.05) is 12.1 Å². The zero-order valence-corrected chi connectivity index (χ0v) is 14.5. The number of hydrogen-bond donors (Lipinski definition) is 0. The van der Waals surface area contributed by atoms with Crippen molar-refractivity contribution in [3.63, 3.8) is 0 Å². The van der Waals surface area contributed by atoms with Crippen LogP contribution in [0.1, 0.15) is 23.0 Å². The summed E-state index contributed by atoms with van der Waals surface area (Å²) < 4.78 is 14.6. The molecule has 1 aromatic carbocycles. The lowest BCUT2D eigenvalue weighted by molar-refractivity contribution is -0.385. The van der Waals surface area contributed by atoms with Gasteiger partial charge in [0, 0.05) is 39.3 Å². The molecule has 0 atom stereocenters. The van der Waals surface area contributed by atoms with E-state index in [1.165, 1.54) is 16.8 Å². The van der Waals surface area contributed by atoms with E-state index in [1.54, 1.807) is 17.9 Å². The Hall–Kier alpha value is -2.81. The number of hydrogen-bond acceptors (Lipinski definition) is 5. The molecule has 2 heterocycles. The normalized spacial score (nSPS) is 15.2. The van der Waals surface area contributed by atoms with Gasteiger partial charge in [0.1, 0.15) is 12.0 Å². The van der Waals surface area contributed by atoms with Gasteiger partial charge < -0.3 is 4.90 Å². The summed E-state index contributed by atoms with van der Waals surface area (Å²) in [5, 5.41) is 15.1. The van der Waals surface area contributed by atoms with Crippen LogP contribution in [0.3, 0.4) is 0 Å². The molecule has 0 saturated carbocycles. The third kappa shape index (κ3) is 3.72. The van der Waals surface area contributed by atoms with Crippen molar-refractivity contribution in [1.29, 1.82) is 0 Å². The van der Waals surface area contributed by atoms with Crippen molar-refractivity contribution < 1.29 is 14.1 Å². The Bertz CT molecular complexity index is 814. The number of piperazine rings is 1. The number of aryl methyl sites for hydroxylation is 1. The molecule has 1 aliphatic rings. The molecule has 9 heteroatoms. The molecular formula is C17H20FN5O3. The Morgan fingerprint density at radius 1 is 1.31 bits per heavy atom. The maximum absolute atomic E-state index is 13.3. The van der Waals surface area contributed by atoms with Crippen LogP contribution in [0.25, 0.3) is 0 Å². The van der Waals surface area contributed by atoms with Gasteiger partial charge in [0.05, 0.1) is 4.92 Å². The van der Waals surface area contributed by atoms with Crippen LogP contribution >= 0.6 is 0 Å². The molecule has 1 amide bonds. The summed E-state index contributed by atoms with van der Waals surface area (Å²) in [6, 6.07) is 6.45. The highest BCUT2D eigenvalue weighted by atomic mass is 19.1. The number of halogens is 1. The summed E-state index contributed by atoms with van der Waals surface area (Å²) in [6.07, 6.45) is 1.12. The molecule has 1 fully saturated rings. The van der Waals surface area contributed by atoms with E-state index in [1.807, 2.05) is 6.07 Å². The second kappa shape index (κ2) is 7.61. The molecule has 0 bridgehead atoms. The second-order valence-corrected chi connectivity index (χ2v) is 6.15. The Labute approximate surface area is 150 Å². The highest BCUT2D eigenvalue weighted by Gasteiger charge is 2.31. The van der Waals surface area contributed by atoms with E-state index in [4.69, 9.17) is 0 Å². The Morgan fingerprint density at radius 2 is 2.04 bits per heavy atom. The van der Waals surface area contributed by atoms with E-state index >= 15 is 0 Å². The predicted octanol–water partition coefficient (Wildman–Crippen LogP) is 1.91. The summed E-state index contributed by atoms with van der Waals surface area (Å²) in [7, 11) is 0. The Kier molecular flexibility index (Phi) is 5.27. The first-order valence-corrected chi connectivity index (χ1v) is 8.46. The lowest BCUT2D eigenvalue weighted by atomic mass is 10.2. The van der Waals surface area contributed by atoms with E-state index < -0.39 is 4.92 Å². The molecule has 8 nitrogen and oxygen atoms in total. The lowest BCUT2D eigenvalue weighted by Gasteiger charge is -2.34. The molecule has 0 radical (unpaired) electrons. The van der Waals surface area contributed by atoms with Gasteiger partial charge in [-0.25, -0.2) is 4.39 Å². The average Bonchev–Trinajstić information content (AvgIpc) is 3.06. The largest absolute Gasteiger partial charge is 0.335 e. The van der Waals surface area contributed by atoms with Crippen molar-refractivity contribution in [2.75, 3.05) is 26.2 Å². The second-order valence-electron chi connectivity index (χ2n) is 6.15. The number of nitro groups is 1. The molecule has 1 aromatic heterocycles. The van der Waals surface area contributed by atoms with Crippen LogP contribution < -0.4 is 0 Å². The van der Waals surface area contributed by atoms with Crippen LogP contribution in [-0.2, 0) is 13.1 Å². The maximum Gasteiger partial charge on any atom is 0.320 e. The number of carbonyl (C=O) groups is 1. The van der Waals surface area contributed by atoms with E-state index in [2.05, 4.69) is 10.00 Å². The SMILES string of the molecule is CCn1ncc([N+](=O)[O-])c1C(=O)N1CCN(Cc2cccc(F)c2)CC1. The molecule has 0 N–H and O–H groups in total. The molecule has 0 aliphatic carbocycles. The fourth-order valence-corrected chi connectivity index (χ4v) is 3.12. The third-order valence-corrected chi connectivity index (χ3v) is 4.47. The van der Waals surface area contributed by atoms with Crippen molar-refractivity contribution in [2.45, 2.75) is 20.0 Å². The topological polar surface area (TPSA) is 84.5 Å². The smallest absolute Gasteiger partial charge is 0.320 e. The van der Waals surface area contributed by atoms with Gasteiger partial charge in [0.2, 0.25) is 5.69 Å². The third-order valence-electron chi connectivity index (χ3n) is 4.47. The number of rotatable bonds is 5. The van der Waals surface area contributed by atoms with E-state index in [0.717, 1.165) is 11.8 Å². The van der Waals surface area contributed by atoms with Crippen LogP contribution in [0.15, 0.2) is 30.5 Å². The predicted molar refractivity (Wildman–Crippen MR) is 92.1 cm³/mol. The van der Waals surface area contributed by atoms with Gasteiger partial charge in [-0.15, -0.1) is 0 Å². The van der Waals surface area contributed by atoms with Crippen molar-refractivity contribution in [1.82, 2.24) is 19.6 Å². The van der Waals surface area contributed by atoms with Crippen LogP contribution in [0.4, 0.5) is 10.1 Å². The summed E-state index contributed by atoms with van der Waals surface area (Å²) in [5.74, 6) is -0.641. The van der Waals surface area contributed by atoms with Gasteiger partial charge in [-0.2, -0.15) is 5.10 Å². The van der Waals surface area contributed by atoms with Crippen molar-refractivity contribution in [3.8, 4) is 0 Å². The monoisotopic (exact) mass is 361 g/mol. The van der Waals surface area contributed by atoms with Crippen LogP contribution in [0, 0.1) is 15.9 Å². The van der Waals surface area contributed by atoms with Gasteiger partial charge in [-0.3, -0.25) is 24.5 Å². The minimum atomic E-state index is -0.577. The van der Waals surface area contributed by atoms with Gasteiger partial charge in [0.15, 0.2) is 0 Å². The number of nitrogens with zero attached hydrogens (tertiary/aromatic N) is 5. The number of amides is 1. The van der Waals surface area contributed by atoms with Gasteiger partial charge in [-0.05, 0) is 24.6 Å². The van der Waals surface area contributed by atoms with Crippen LogP contribution in [0.5, 0.6) is 0 Å². The summed E-state index contributed by atoms with van der Waals surface area (Å²) in [6.45, 7) is 4.93. The van der Waals surface area contributed by atoms with E-state index in [-0.39, 0.29) is 23.1 Å². The zero-order valence-electron chi connectivity index (χ0n) is 14.5. The molecule has 26 heavy (non-hydrogen) atoms. The fraction of sp³-hybridized carbons (Fsp3) is 0.412. The van der Waals surface area contributed by atoms with Crippen molar-refractivity contribution in [3.05, 3.63) is 57.7 Å². The first-order chi connectivity index (χ1) is 12.5. The first kappa shape index (κ1) is 18.0. The minimum absolute atomic E-state index is 0.0241. The molecule has 3 rings (SSSR count). The number of benzene rings is 1. The molecule has 1 saturated heterocycles. The molecular weight excluding hydrogens is 341 g/mol. The quantitative estimate of drug-likeness (QED) is 0.600. The molecule has 2 aromatic rings. The minimum Gasteiger partial charge on any atom is -0.335 e. The van der Waals surface area contributed by atoms with Crippen molar-refractivity contribution >= 4 is 11.6 Å². The van der Waals surface area contributed by atoms with Gasteiger partial charge >= 0.3 is 5.69 Å². The Morgan fingerprint density at radius 3 is 2.65 bits per heavy atom. The fourth-order valence-electron chi connectivity index (χ4n) is 3.12. The first-order valence-electron chi connectivity index (χ1n) is 8.46. The Balaban J connectivity index is 1.66. The summed E-state index contributed by atoms with van der Waals surface area (Å²) in [4.78, 5) is 27.1. The van der Waals surface area contributed by atoms with Crippen molar-refractivity contribution in [2.24, 2.45) is 0 Å².